The highest BCUT2D eigenvalue weighted by atomic mass is 32.2. The van der Waals surface area contributed by atoms with Crippen molar-refractivity contribution in [3.63, 3.8) is 0 Å². The van der Waals surface area contributed by atoms with Gasteiger partial charge in [0.1, 0.15) is 11.6 Å². The van der Waals surface area contributed by atoms with E-state index in [4.69, 9.17) is 0 Å². The summed E-state index contributed by atoms with van der Waals surface area (Å²) in [5.74, 6) is -1.54. The molecule has 1 unspecified atom stereocenters. The van der Waals surface area contributed by atoms with E-state index in [0.717, 1.165) is 5.56 Å². The second kappa shape index (κ2) is 6.81. The van der Waals surface area contributed by atoms with Gasteiger partial charge in [-0.3, -0.25) is 4.79 Å². The third kappa shape index (κ3) is 4.90. The molecular formula is C13H19FN2O3S. The second-order valence-electron chi connectivity index (χ2n) is 4.80. The molecule has 5 nitrogen and oxygen atoms in total. The Bertz CT molecular complexity index is 555. The number of hydrogen-bond donors (Lipinski definition) is 2. The van der Waals surface area contributed by atoms with E-state index in [1.807, 2.05) is 13.8 Å². The average molecular weight is 302 g/mol. The van der Waals surface area contributed by atoms with Gasteiger partial charge in [-0.15, -0.1) is 0 Å². The van der Waals surface area contributed by atoms with Gasteiger partial charge in [-0.2, -0.15) is 0 Å². The first-order valence-electron chi connectivity index (χ1n) is 6.21. The lowest BCUT2D eigenvalue weighted by molar-refractivity contribution is -0.119. The fourth-order valence-corrected chi connectivity index (χ4v) is 2.34. The molecule has 20 heavy (non-hydrogen) atoms. The molecule has 0 radical (unpaired) electrons. The van der Waals surface area contributed by atoms with Crippen LogP contribution in [0.15, 0.2) is 24.3 Å². The molecule has 0 aromatic heterocycles. The Morgan fingerprint density at radius 3 is 2.25 bits per heavy atom. The topological polar surface area (TPSA) is 75.3 Å². The van der Waals surface area contributed by atoms with Crippen LogP contribution in [-0.4, -0.2) is 27.1 Å². The van der Waals surface area contributed by atoms with Gasteiger partial charge in [-0.25, -0.2) is 17.5 Å². The molecule has 1 aromatic carbocycles. The van der Waals surface area contributed by atoms with E-state index >= 15 is 0 Å². The van der Waals surface area contributed by atoms with Crippen molar-refractivity contribution in [3.05, 3.63) is 35.6 Å². The molecule has 1 atom stereocenters. The Hall–Kier alpha value is -1.47. The van der Waals surface area contributed by atoms with Crippen molar-refractivity contribution < 1.29 is 17.6 Å². The molecule has 0 fully saturated rings. The lowest BCUT2D eigenvalue weighted by Crippen LogP contribution is -2.38. The summed E-state index contributed by atoms with van der Waals surface area (Å²) in [5, 5.41) is 2.66. The van der Waals surface area contributed by atoms with Crippen molar-refractivity contribution in [2.24, 2.45) is 5.92 Å². The molecule has 0 bridgehead atoms. The highest BCUT2D eigenvalue weighted by molar-refractivity contribution is 7.90. The number of amides is 1. The van der Waals surface area contributed by atoms with Crippen LogP contribution in [0.3, 0.4) is 0 Å². The lowest BCUT2D eigenvalue weighted by Gasteiger charge is -2.23. The van der Waals surface area contributed by atoms with E-state index in [1.165, 1.54) is 19.2 Å². The maximum atomic E-state index is 12.9. The molecule has 1 rings (SSSR count). The lowest BCUT2D eigenvalue weighted by atomic mass is 9.96. The smallest absolute Gasteiger partial charge is 0.237 e. The van der Waals surface area contributed by atoms with Crippen molar-refractivity contribution in [2.45, 2.75) is 19.9 Å². The minimum atomic E-state index is -3.60. The molecule has 0 saturated carbocycles. The fourth-order valence-electron chi connectivity index (χ4n) is 1.76. The SMILES string of the molecule is CNS(=O)(=O)CC(=O)NC(c1ccc(F)cc1)C(C)C. The Labute approximate surface area is 118 Å². The summed E-state index contributed by atoms with van der Waals surface area (Å²) in [6.07, 6.45) is 0. The number of carbonyl (C=O) groups excluding carboxylic acids is 1. The van der Waals surface area contributed by atoms with Crippen LogP contribution in [0, 0.1) is 11.7 Å². The highest BCUT2D eigenvalue weighted by Gasteiger charge is 2.21. The zero-order valence-electron chi connectivity index (χ0n) is 11.7. The number of rotatable bonds is 6. The molecule has 0 aliphatic heterocycles. The first kappa shape index (κ1) is 16.6. The third-order valence-electron chi connectivity index (χ3n) is 2.84. The van der Waals surface area contributed by atoms with Gasteiger partial charge in [0, 0.05) is 0 Å². The van der Waals surface area contributed by atoms with Crippen LogP contribution in [0.5, 0.6) is 0 Å². The van der Waals surface area contributed by atoms with E-state index in [2.05, 4.69) is 10.0 Å². The van der Waals surface area contributed by atoms with Gasteiger partial charge in [0.15, 0.2) is 0 Å². The van der Waals surface area contributed by atoms with E-state index in [1.54, 1.807) is 12.1 Å². The molecule has 0 aliphatic carbocycles. The molecule has 112 valence electrons. The van der Waals surface area contributed by atoms with Crippen LogP contribution in [-0.2, 0) is 14.8 Å². The van der Waals surface area contributed by atoms with Crippen LogP contribution in [0.25, 0.3) is 0 Å². The third-order valence-corrected chi connectivity index (χ3v) is 4.11. The Morgan fingerprint density at radius 2 is 1.80 bits per heavy atom. The summed E-state index contributed by atoms with van der Waals surface area (Å²) in [6, 6.07) is 5.40. The molecule has 0 heterocycles. The van der Waals surface area contributed by atoms with E-state index in [-0.39, 0.29) is 17.8 Å². The average Bonchev–Trinajstić information content (AvgIpc) is 2.36. The quantitative estimate of drug-likeness (QED) is 0.829. The Morgan fingerprint density at radius 1 is 1.25 bits per heavy atom. The maximum absolute atomic E-state index is 12.9. The summed E-state index contributed by atoms with van der Waals surface area (Å²) < 4.78 is 37.6. The minimum absolute atomic E-state index is 0.0432. The molecule has 1 amide bonds. The van der Waals surface area contributed by atoms with Crippen molar-refractivity contribution in [1.29, 1.82) is 0 Å². The van der Waals surface area contributed by atoms with E-state index < -0.39 is 21.7 Å². The number of nitrogens with one attached hydrogen (secondary N) is 2. The predicted molar refractivity (Wildman–Crippen MR) is 75.0 cm³/mol. The standard InChI is InChI=1S/C13H19FN2O3S/c1-9(2)13(10-4-6-11(14)7-5-10)16-12(17)8-20(18,19)15-3/h4-7,9,13,15H,8H2,1-3H3,(H,16,17). The van der Waals surface area contributed by atoms with Crippen LogP contribution < -0.4 is 10.0 Å². The molecular weight excluding hydrogens is 283 g/mol. The van der Waals surface area contributed by atoms with Crippen molar-refractivity contribution >= 4 is 15.9 Å². The normalized spacial score (nSPS) is 13.2. The molecule has 0 spiro atoms. The summed E-state index contributed by atoms with van der Waals surface area (Å²) in [7, 11) is -2.35. The second-order valence-corrected chi connectivity index (χ2v) is 6.73. The van der Waals surface area contributed by atoms with E-state index in [9.17, 15) is 17.6 Å². The molecule has 2 N–H and O–H groups in total. The zero-order chi connectivity index (χ0) is 15.3. The fraction of sp³-hybridized carbons (Fsp3) is 0.462. The number of benzene rings is 1. The van der Waals surface area contributed by atoms with Gasteiger partial charge < -0.3 is 5.32 Å². The van der Waals surface area contributed by atoms with Gasteiger partial charge in [-0.05, 0) is 30.7 Å². The summed E-state index contributed by atoms with van der Waals surface area (Å²) >= 11 is 0. The van der Waals surface area contributed by atoms with Crippen molar-refractivity contribution in [3.8, 4) is 0 Å². The largest absolute Gasteiger partial charge is 0.348 e. The Kier molecular flexibility index (Phi) is 5.64. The number of sulfonamides is 1. The van der Waals surface area contributed by atoms with Crippen LogP contribution >= 0.6 is 0 Å². The molecule has 0 aliphatic rings. The maximum Gasteiger partial charge on any atom is 0.237 e. The molecule has 1 aromatic rings. The zero-order valence-corrected chi connectivity index (χ0v) is 12.5. The highest BCUT2D eigenvalue weighted by Crippen LogP contribution is 2.21. The summed E-state index contributed by atoms with van der Waals surface area (Å²) in [6.45, 7) is 3.78. The number of halogens is 1. The van der Waals surface area contributed by atoms with Crippen LogP contribution in [0.1, 0.15) is 25.5 Å². The predicted octanol–water partition coefficient (Wildman–Crippen LogP) is 1.19. The first-order valence-corrected chi connectivity index (χ1v) is 7.86. The van der Waals surface area contributed by atoms with E-state index in [0.29, 0.717) is 0 Å². The molecule has 0 saturated heterocycles. The van der Waals surface area contributed by atoms with Crippen molar-refractivity contribution in [1.82, 2.24) is 10.0 Å². The summed E-state index contributed by atoms with van der Waals surface area (Å²) in [4.78, 5) is 11.8. The van der Waals surface area contributed by atoms with Gasteiger partial charge in [0.05, 0.1) is 6.04 Å². The molecule has 7 heteroatoms. The summed E-state index contributed by atoms with van der Waals surface area (Å²) in [5.41, 5.74) is 0.733. The van der Waals surface area contributed by atoms with Gasteiger partial charge in [-0.1, -0.05) is 26.0 Å². The Balaban J connectivity index is 2.83. The van der Waals surface area contributed by atoms with Gasteiger partial charge in [0.2, 0.25) is 15.9 Å². The van der Waals surface area contributed by atoms with Crippen molar-refractivity contribution in [2.75, 3.05) is 12.8 Å². The number of hydrogen-bond acceptors (Lipinski definition) is 3. The minimum Gasteiger partial charge on any atom is -0.348 e. The monoisotopic (exact) mass is 302 g/mol. The van der Waals surface area contributed by atoms with Gasteiger partial charge in [0.25, 0.3) is 0 Å². The van der Waals surface area contributed by atoms with Crippen LogP contribution in [0.4, 0.5) is 4.39 Å². The number of carbonyl (C=O) groups is 1. The first-order chi connectivity index (χ1) is 9.25. The van der Waals surface area contributed by atoms with Crippen LogP contribution in [0.2, 0.25) is 0 Å². The van der Waals surface area contributed by atoms with Gasteiger partial charge >= 0.3 is 0 Å².